The van der Waals surface area contributed by atoms with Gasteiger partial charge >= 0.3 is 0 Å². The van der Waals surface area contributed by atoms with Gasteiger partial charge in [0.1, 0.15) is 0 Å². The van der Waals surface area contributed by atoms with Crippen LogP contribution < -0.4 is 0 Å². The van der Waals surface area contributed by atoms with Crippen LogP contribution in [0.5, 0.6) is 0 Å². The smallest absolute Gasteiger partial charge is 0.0276 e. The van der Waals surface area contributed by atoms with Gasteiger partial charge in [0.15, 0.2) is 0 Å². The minimum atomic E-state index is 1.34. The molecule has 0 bridgehead atoms. The van der Waals surface area contributed by atoms with Crippen molar-refractivity contribution < 1.29 is 0 Å². The number of hydrogen-bond donors (Lipinski definition) is 0. The molecule has 0 aliphatic heterocycles. The maximum absolute atomic E-state index is 2.54. The van der Waals surface area contributed by atoms with E-state index < -0.39 is 0 Å². The van der Waals surface area contributed by atoms with Crippen molar-refractivity contribution >= 4 is 0 Å². The Bertz CT molecular complexity index is 328. The monoisotopic (exact) mass is 200 g/mol. The zero-order valence-electron chi connectivity index (χ0n) is 9.52. The topological polar surface area (TPSA) is 0 Å². The van der Waals surface area contributed by atoms with E-state index in [1.165, 1.54) is 57.8 Å². The molecule has 1 aromatic rings. The van der Waals surface area contributed by atoms with Crippen LogP contribution in [0.3, 0.4) is 0 Å². The lowest BCUT2D eigenvalue weighted by atomic mass is 9.87. The maximum atomic E-state index is 2.54. The Morgan fingerprint density at radius 1 is 0.467 bits per heavy atom. The van der Waals surface area contributed by atoms with Crippen LogP contribution in [0.15, 0.2) is 12.1 Å². The predicted octanol–water partition coefficient (Wildman–Crippen LogP) is 3.83. The van der Waals surface area contributed by atoms with E-state index >= 15 is 0 Å². The lowest BCUT2D eigenvalue weighted by molar-refractivity contribution is 0.682. The quantitative estimate of drug-likeness (QED) is 0.558. The first-order valence-corrected chi connectivity index (χ1v) is 6.57. The summed E-state index contributed by atoms with van der Waals surface area (Å²) in [5, 5.41) is 0. The Hall–Kier alpha value is -0.780. The molecule has 0 spiro atoms. The molecule has 0 aromatic heterocycles. The van der Waals surface area contributed by atoms with Crippen molar-refractivity contribution in [3.8, 4) is 0 Å². The summed E-state index contributed by atoms with van der Waals surface area (Å²) in [5.41, 5.74) is 6.69. The van der Waals surface area contributed by atoms with Crippen LogP contribution in [-0.4, -0.2) is 0 Å². The van der Waals surface area contributed by atoms with Crippen LogP contribution in [0.2, 0.25) is 0 Å². The predicted molar refractivity (Wildman–Crippen MR) is 64.3 cm³/mol. The molecule has 0 fully saturated rings. The van der Waals surface area contributed by atoms with E-state index in [0.717, 1.165) is 0 Å². The highest BCUT2D eigenvalue weighted by Gasteiger charge is 2.14. The molecule has 0 heteroatoms. The Balaban J connectivity index is 2.02. The van der Waals surface area contributed by atoms with Gasteiger partial charge in [0.05, 0.1) is 0 Å². The SMILES string of the molecule is c1c2c(cc3c1CCCC3)CCCCC2. The average molecular weight is 200 g/mol. The molecular formula is C15H20. The number of rotatable bonds is 0. The lowest BCUT2D eigenvalue weighted by Crippen LogP contribution is -2.05. The van der Waals surface area contributed by atoms with Gasteiger partial charge in [-0.05, 0) is 73.6 Å². The molecule has 0 nitrogen and oxygen atoms in total. The summed E-state index contributed by atoms with van der Waals surface area (Å²) in [6.45, 7) is 0. The van der Waals surface area contributed by atoms with Crippen molar-refractivity contribution in [1.82, 2.24) is 0 Å². The number of aryl methyl sites for hydroxylation is 4. The van der Waals surface area contributed by atoms with Gasteiger partial charge in [-0.1, -0.05) is 18.6 Å². The first-order valence-electron chi connectivity index (χ1n) is 6.57. The molecule has 0 unspecified atom stereocenters. The Morgan fingerprint density at radius 2 is 0.800 bits per heavy atom. The van der Waals surface area contributed by atoms with Gasteiger partial charge in [-0.2, -0.15) is 0 Å². The summed E-state index contributed by atoms with van der Waals surface area (Å²) in [6.07, 6.45) is 12.4. The van der Waals surface area contributed by atoms with E-state index in [-0.39, 0.29) is 0 Å². The van der Waals surface area contributed by atoms with Gasteiger partial charge in [-0.25, -0.2) is 0 Å². The molecule has 3 rings (SSSR count). The molecule has 0 saturated heterocycles. The van der Waals surface area contributed by atoms with Crippen molar-refractivity contribution in [3.63, 3.8) is 0 Å². The van der Waals surface area contributed by atoms with E-state index in [1.807, 2.05) is 0 Å². The third-order valence-corrected chi connectivity index (χ3v) is 4.06. The third-order valence-electron chi connectivity index (χ3n) is 4.06. The molecule has 0 atom stereocenters. The van der Waals surface area contributed by atoms with Crippen LogP contribution in [0, 0.1) is 0 Å². The summed E-state index contributed by atoms with van der Waals surface area (Å²) in [7, 11) is 0. The van der Waals surface area contributed by atoms with Crippen LogP contribution in [-0.2, 0) is 25.7 Å². The molecule has 0 radical (unpaired) electrons. The second kappa shape index (κ2) is 4.00. The molecule has 0 amide bonds. The minimum absolute atomic E-state index is 1.34. The van der Waals surface area contributed by atoms with Gasteiger partial charge < -0.3 is 0 Å². The van der Waals surface area contributed by atoms with Crippen molar-refractivity contribution in [2.24, 2.45) is 0 Å². The summed E-state index contributed by atoms with van der Waals surface area (Å²) in [5.74, 6) is 0. The zero-order valence-corrected chi connectivity index (χ0v) is 9.52. The molecule has 2 aliphatic rings. The summed E-state index contributed by atoms with van der Waals surface area (Å²) >= 11 is 0. The first-order chi connectivity index (χ1) is 7.43. The van der Waals surface area contributed by atoms with Gasteiger partial charge in [-0.3, -0.25) is 0 Å². The Labute approximate surface area is 92.7 Å². The fourth-order valence-corrected chi connectivity index (χ4v) is 3.16. The maximum Gasteiger partial charge on any atom is -0.0276 e. The van der Waals surface area contributed by atoms with E-state index in [2.05, 4.69) is 12.1 Å². The fourth-order valence-electron chi connectivity index (χ4n) is 3.16. The highest BCUT2D eigenvalue weighted by Crippen LogP contribution is 2.28. The third kappa shape index (κ3) is 1.82. The molecule has 0 heterocycles. The van der Waals surface area contributed by atoms with Crippen LogP contribution in [0.1, 0.15) is 54.4 Å². The number of hydrogen-bond acceptors (Lipinski definition) is 0. The van der Waals surface area contributed by atoms with Crippen LogP contribution in [0.25, 0.3) is 0 Å². The van der Waals surface area contributed by atoms with Crippen molar-refractivity contribution in [1.29, 1.82) is 0 Å². The molecule has 0 N–H and O–H groups in total. The number of benzene rings is 1. The van der Waals surface area contributed by atoms with Crippen LogP contribution in [0.4, 0.5) is 0 Å². The second-order valence-corrected chi connectivity index (χ2v) is 5.16. The molecule has 0 saturated carbocycles. The normalized spacial score (nSPS) is 20.3. The highest BCUT2D eigenvalue weighted by molar-refractivity contribution is 5.40. The minimum Gasteiger partial charge on any atom is -0.0553 e. The highest BCUT2D eigenvalue weighted by atomic mass is 14.2. The summed E-state index contributed by atoms with van der Waals surface area (Å²) < 4.78 is 0. The van der Waals surface area contributed by atoms with Crippen LogP contribution >= 0.6 is 0 Å². The first kappa shape index (κ1) is 9.45. The number of fused-ring (bicyclic) bond motifs is 2. The van der Waals surface area contributed by atoms with E-state index in [4.69, 9.17) is 0 Å². The van der Waals surface area contributed by atoms with Gasteiger partial charge in [0, 0.05) is 0 Å². The van der Waals surface area contributed by atoms with Gasteiger partial charge in [-0.15, -0.1) is 0 Å². The van der Waals surface area contributed by atoms with Crippen molar-refractivity contribution in [2.75, 3.05) is 0 Å². The average Bonchev–Trinajstić information content (AvgIpc) is 2.50. The standard InChI is InChI=1S/C15H20/c1-2-6-12-10-14-8-4-5-9-15(14)11-13(12)7-3-1/h10-11H,1-9H2. The Kier molecular flexibility index (Phi) is 2.52. The Morgan fingerprint density at radius 3 is 1.20 bits per heavy atom. The largest absolute Gasteiger partial charge is 0.0553 e. The van der Waals surface area contributed by atoms with Crippen molar-refractivity contribution in [3.05, 3.63) is 34.4 Å². The van der Waals surface area contributed by atoms with Crippen molar-refractivity contribution in [2.45, 2.75) is 57.8 Å². The van der Waals surface area contributed by atoms with E-state index in [1.54, 1.807) is 22.3 Å². The van der Waals surface area contributed by atoms with E-state index in [9.17, 15) is 0 Å². The molecule has 80 valence electrons. The molecule has 2 aliphatic carbocycles. The van der Waals surface area contributed by atoms with Gasteiger partial charge in [0.2, 0.25) is 0 Å². The lowest BCUT2D eigenvalue weighted by Gasteiger charge is -2.19. The molecule has 1 aromatic carbocycles. The van der Waals surface area contributed by atoms with Gasteiger partial charge in [0.25, 0.3) is 0 Å². The summed E-state index contributed by atoms with van der Waals surface area (Å²) in [4.78, 5) is 0. The zero-order chi connectivity index (χ0) is 10.1. The molecular weight excluding hydrogens is 180 g/mol. The molecule has 15 heavy (non-hydrogen) atoms. The second-order valence-electron chi connectivity index (χ2n) is 5.16. The fraction of sp³-hybridized carbons (Fsp3) is 0.600. The van der Waals surface area contributed by atoms with E-state index in [0.29, 0.717) is 0 Å². The summed E-state index contributed by atoms with van der Waals surface area (Å²) in [6, 6.07) is 5.07.